The van der Waals surface area contributed by atoms with Crippen molar-refractivity contribution in [1.82, 2.24) is 10.2 Å². The van der Waals surface area contributed by atoms with Crippen molar-refractivity contribution in [2.24, 2.45) is 0 Å². The smallest absolute Gasteiger partial charge is 0.161 e. The fraction of sp³-hybridized carbons (Fsp3) is 0.125. The Balaban J connectivity index is 1.59. The van der Waals surface area contributed by atoms with Crippen LogP contribution in [0.25, 0.3) is 22.4 Å². The van der Waals surface area contributed by atoms with Gasteiger partial charge < -0.3 is 19.3 Å². The molecule has 0 fully saturated rings. The highest BCUT2D eigenvalue weighted by Gasteiger charge is 2.16. The molecule has 8 heteroatoms. The average molecular weight is 471 g/mol. The van der Waals surface area contributed by atoms with Gasteiger partial charge in [0.1, 0.15) is 18.1 Å². The van der Waals surface area contributed by atoms with Crippen molar-refractivity contribution in [3.63, 3.8) is 0 Å². The van der Waals surface area contributed by atoms with Gasteiger partial charge in [0.05, 0.1) is 26.1 Å². The van der Waals surface area contributed by atoms with Gasteiger partial charge in [-0.25, -0.2) is 0 Å². The van der Waals surface area contributed by atoms with Crippen LogP contribution in [0.5, 0.6) is 23.0 Å². The Kier molecular flexibility index (Phi) is 6.44. The molecule has 2 N–H and O–H groups in total. The second kappa shape index (κ2) is 9.42. The first kappa shape index (κ1) is 21.9. The van der Waals surface area contributed by atoms with Crippen molar-refractivity contribution in [2.75, 3.05) is 14.2 Å². The van der Waals surface area contributed by atoms with Crippen LogP contribution < -0.4 is 14.2 Å². The van der Waals surface area contributed by atoms with Gasteiger partial charge in [0, 0.05) is 32.8 Å². The molecule has 0 amide bonds. The molecule has 0 aliphatic carbocycles. The summed E-state index contributed by atoms with van der Waals surface area (Å²) in [5.41, 5.74) is 3.72. The van der Waals surface area contributed by atoms with Crippen molar-refractivity contribution >= 4 is 23.2 Å². The molecule has 0 saturated heterocycles. The molecule has 3 aromatic carbocycles. The van der Waals surface area contributed by atoms with E-state index in [1.807, 2.05) is 18.2 Å². The van der Waals surface area contributed by atoms with E-state index in [0.717, 1.165) is 16.7 Å². The van der Waals surface area contributed by atoms with Gasteiger partial charge in [-0.05, 0) is 42.0 Å². The van der Waals surface area contributed by atoms with Crippen molar-refractivity contribution < 1.29 is 19.3 Å². The molecule has 1 aromatic heterocycles. The number of benzene rings is 3. The molecule has 32 heavy (non-hydrogen) atoms. The first-order valence-electron chi connectivity index (χ1n) is 9.66. The Morgan fingerprint density at radius 1 is 0.906 bits per heavy atom. The standard InChI is InChI=1S/C24H20Cl2N2O4/c1-30-22-8-4-14(9-23(22)31-2)19-12-27-28-24(19)18-7-6-17(11-21(18)29)32-13-15-3-5-16(25)10-20(15)26/h3-12,29H,13H2,1-2H3,(H,27,28). The molecule has 0 aliphatic heterocycles. The van der Waals surface area contributed by atoms with Crippen LogP contribution in [0.1, 0.15) is 5.56 Å². The van der Waals surface area contributed by atoms with Gasteiger partial charge >= 0.3 is 0 Å². The number of aromatic nitrogens is 2. The quantitative estimate of drug-likeness (QED) is 0.328. The maximum Gasteiger partial charge on any atom is 0.161 e. The summed E-state index contributed by atoms with van der Waals surface area (Å²) < 4.78 is 16.5. The molecule has 0 radical (unpaired) electrons. The second-order valence-corrected chi connectivity index (χ2v) is 7.78. The number of rotatable bonds is 7. The summed E-state index contributed by atoms with van der Waals surface area (Å²) in [5, 5.41) is 18.9. The molecular formula is C24H20Cl2N2O4. The number of aromatic amines is 1. The lowest BCUT2D eigenvalue weighted by atomic mass is 10.0. The van der Waals surface area contributed by atoms with E-state index in [1.54, 1.807) is 56.8 Å². The minimum Gasteiger partial charge on any atom is -0.507 e. The maximum absolute atomic E-state index is 10.7. The molecule has 0 unspecified atom stereocenters. The third-order valence-corrected chi connectivity index (χ3v) is 5.57. The van der Waals surface area contributed by atoms with Crippen LogP contribution in [0.4, 0.5) is 0 Å². The molecule has 0 spiro atoms. The summed E-state index contributed by atoms with van der Waals surface area (Å²) >= 11 is 12.1. The van der Waals surface area contributed by atoms with Crippen molar-refractivity contribution in [3.8, 4) is 45.4 Å². The minimum absolute atomic E-state index is 0.0516. The molecule has 164 valence electrons. The number of phenols is 1. The van der Waals surface area contributed by atoms with Gasteiger partial charge in [-0.15, -0.1) is 0 Å². The largest absolute Gasteiger partial charge is 0.507 e. The SMILES string of the molecule is COc1ccc(-c2cn[nH]c2-c2ccc(OCc3ccc(Cl)cc3Cl)cc2O)cc1OC. The molecule has 0 bridgehead atoms. The summed E-state index contributed by atoms with van der Waals surface area (Å²) in [6, 6.07) is 15.9. The number of ether oxygens (including phenoxy) is 3. The lowest BCUT2D eigenvalue weighted by Crippen LogP contribution is -1.96. The molecular weight excluding hydrogens is 451 g/mol. The van der Waals surface area contributed by atoms with E-state index in [1.165, 1.54) is 0 Å². The number of aromatic hydroxyl groups is 1. The van der Waals surface area contributed by atoms with E-state index in [-0.39, 0.29) is 12.4 Å². The lowest BCUT2D eigenvalue weighted by Gasteiger charge is -2.12. The fourth-order valence-electron chi connectivity index (χ4n) is 3.33. The van der Waals surface area contributed by atoms with Gasteiger partial charge in [0.15, 0.2) is 11.5 Å². The lowest BCUT2D eigenvalue weighted by molar-refractivity contribution is 0.304. The predicted molar refractivity (Wildman–Crippen MR) is 125 cm³/mol. The maximum atomic E-state index is 10.7. The Morgan fingerprint density at radius 3 is 2.44 bits per heavy atom. The van der Waals surface area contributed by atoms with Gasteiger partial charge in [-0.2, -0.15) is 5.10 Å². The van der Waals surface area contributed by atoms with Crippen LogP contribution in [-0.4, -0.2) is 29.5 Å². The average Bonchev–Trinajstić information content (AvgIpc) is 3.27. The summed E-state index contributed by atoms with van der Waals surface area (Å²) in [7, 11) is 3.17. The number of hydrogen-bond acceptors (Lipinski definition) is 5. The third kappa shape index (κ3) is 4.47. The molecule has 4 aromatic rings. The number of H-pyrrole nitrogens is 1. The molecule has 4 rings (SSSR count). The molecule has 0 saturated carbocycles. The van der Waals surface area contributed by atoms with E-state index in [4.69, 9.17) is 37.4 Å². The summed E-state index contributed by atoms with van der Waals surface area (Å²) in [6.07, 6.45) is 1.70. The summed E-state index contributed by atoms with van der Waals surface area (Å²) in [5.74, 6) is 1.79. The zero-order chi connectivity index (χ0) is 22.7. The summed E-state index contributed by atoms with van der Waals surface area (Å²) in [6.45, 7) is 0.246. The van der Waals surface area contributed by atoms with Crippen molar-refractivity contribution in [3.05, 3.63) is 76.4 Å². The van der Waals surface area contributed by atoms with Gasteiger partial charge in [-0.1, -0.05) is 35.3 Å². The zero-order valence-electron chi connectivity index (χ0n) is 17.4. The minimum atomic E-state index is 0.0516. The number of nitrogens with zero attached hydrogens (tertiary/aromatic N) is 1. The topological polar surface area (TPSA) is 76.6 Å². The first-order chi connectivity index (χ1) is 15.5. The Hall–Kier alpha value is -3.35. The zero-order valence-corrected chi connectivity index (χ0v) is 18.9. The Labute approximate surface area is 195 Å². The fourth-order valence-corrected chi connectivity index (χ4v) is 3.79. The van der Waals surface area contributed by atoms with Crippen LogP contribution in [0, 0.1) is 0 Å². The van der Waals surface area contributed by atoms with Crippen molar-refractivity contribution in [1.29, 1.82) is 0 Å². The predicted octanol–water partition coefficient (Wildman–Crippen LogP) is 6.35. The van der Waals surface area contributed by atoms with E-state index in [9.17, 15) is 5.11 Å². The molecule has 1 heterocycles. The van der Waals surface area contributed by atoms with E-state index >= 15 is 0 Å². The second-order valence-electron chi connectivity index (χ2n) is 6.93. The normalized spacial score (nSPS) is 10.8. The monoisotopic (exact) mass is 470 g/mol. The third-order valence-electron chi connectivity index (χ3n) is 4.98. The number of nitrogens with one attached hydrogen (secondary N) is 1. The number of halogens is 2. The molecule has 6 nitrogen and oxygen atoms in total. The van der Waals surface area contributed by atoms with Gasteiger partial charge in [0.2, 0.25) is 0 Å². The number of phenolic OH excluding ortho intramolecular Hbond substituents is 1. The summed E-state index contributed by atoms with van der Waals surface area (Å²) in [4.78, 5) is 0. The molecule has 0 atom stereocenters. The highest BCUT2D eigenvalue weighted by atomic mass is 35.5. The van der Waals surface area contributed by atoms with Crippen LogP contribution >= 0.6 is 23.2 Å². The van der Waals surface area contributed by atoms with Crippen molar-refractivity contribution in [2.45, 2.75) is 6.61 Å². The Bertz CT molecular complexity index is 1260. The number of methoxy groups -OCH3 is 2. The Morgan fingerprint density at radius 2 is 1.72 bits per heavy atom. The van der Waals surface area contributed by atoms with Crippen LogP contribution in [0.15, 0.2) is 60.8 Å². The van der Waals surface area contributed by atoms with Crippen LogP contribution in [0.3, 0.4) is 0 Å². The van der Waals surface area contributed by atoms with E-state index < -0.39 is 0 Å². The van der Waals surface area contributed by atoms with Gasteiger partial charge in [0.25, 0.3) is 0 Å². The highest BCUT2D eigenvalue weighted by molar-refractivity contribution is 6.35. The number of hydrogen-bond donors (Lipinski definition) is 2. The molecule has 0 aliphatic rings. The van der Waals surface area contributed by atoms with Crippen LogP contribution in [0.2, 0.25) is 10.0 Å². The van der Waals surface area contributed by atoms with E-state index in [2.05, 4.69) is 10.2 Å². The van der Waals surface area contributed by atoms with Crippen LogP contribution in [-0.2, 0) is 6.61 Å². The van der Waals surface area contributed by atoms with E-state index in [0.29, 0.717) is 38.6 Å². The van der Waals surface area contributed by atoms with Gasteiger partial charge in [-0.3, -0.25) is 5.10 Å². The highest BCUT2D eigenvalue weighted by Crippen LogP contribution is 2.39. The first-order valence-corrected chi connectivity index (χ1v) is 10.4.